The van der Waals surface area contributed by atoms with Crippen molar-refractivity contribution in [2.24, 2.45) is 0 Å². The molecule has 1 aromatic heterocycles. The van der Waals surface area contributed by atoms with Gasteiger partial charge in [0.25, 0.3) is 5.91 Å². The third-order valence-corrected chi connectivity index (χ3v) is 2.54. The SMILES string of the molecule is CC(C(=O)O)n1nccc1C(=O)NC1CC1. The topological polar surface area (TPSA) is 84.2 Å². The molecule has 0 aliphatic heterocycles. The lowest BCUT2D eigenvalue weighted by atomic mass is 10.3. The number of aliphatic carboxylic acids is 1. The molecular formula is C10H13N3O3. The average molecular weight is 223 g/mol. The van der Waals surface area contributed by atoms with Crippen LogP contribution in [0.5, 0.6) is 0 Å². The Morgan fingerprint density at radius 3 is 2.88 bits per heavy atom. The van der Waals surface area contributed by atoms with Crippen LogP contribution < -0.4 is 5.32 Å². The minimum atomic E-state index is -1.01. The Morgan fingerprint density at radius 1 is 1.62 bits per heavy atom. The minimum Gasteiger partial charge on any atom is -0.480 e. The Bertz CT molecular complexity index is 423. The fourth-order valence-corrected chi connectivity index (χ4v) is 1.39. The number of amides is 1. The van der Waals surface area contributed by atoms with E-state index >= 15 is 0 Å². The molecule has 1 aliphatic rings. The Morgan fingerprint density at radius 2 is 2.31 bits per heavy atom. The maximum atomic E-state index is 11.7. The molecule has 1 atom stereocenters. The van der Waals surface area contributed by atoms with E-state index in [1.165, 1.54) is 23.9 Å². The molecule has 6 nitrogen and oxygen atoms in total. The van der Waals surface area contributed by atoms with Crippen LogP contribution in [-0.2, 0) is 4.79 Å². The number of rotatable bonds is 4. The monoisotopic (exact) mass is 223 g/mol. The zero-order valence-electron chi connectivity index (χ0n) is 8.88. The van der Waals surface area contributed by atoms with Crippen LogP contribution in [0.25, 0.3) is 0 Å². The molecule has 2 N–H and O–H groups in total. The van der Waals surface area contributed by atoms with Gasteiger partial charge in [0.1, 0.15) is 11.7 Å². The Balaban J connectivity index is 2.16. The largest absolute Gasteiger partial charge is 0.480 e. The van der Waals surface area contributed by atoms with Gasteiger partial charge in [0.05, 0.1) is 0 Å². The maximum absolute atomic E-state index is 11.7. The highest BCUT2D eigenvalue weighted by Gasteiger charge is 2.27. The van der Waals surface area contributed by atoms with Gasteiger partial charge in [-0.1, -0.05) is 0 Å². The van der Waals surface area contributed by atoms with Gasteiger partial charge in [-0.25, -0.2) is 9.48 Å². The normalized spacial score (nSPS) is 16.8. The highest BCUT2D eigenvalue weighted by atomic mass is 16.4. The first kappa shape index (κ1) is 10.7. The van der Waals surface area contributed by atoms with E-state index in [-0.39, 0.29) is 11.9 Å². The van der Waals surface area contributed by atoms with Crippen molar-refractivity contribution in [3.8, 4) is 0 Å². The third kappa shape index (κ3) is 2.05. The van der Waals surface area contributed by atoms with Gasteiger partial charge in [0.2, 0.25) is 0 Å². The second-order valence-electron chi connectivity index (χ2n) is 3.92. The summed E-state index contributed by atoms with van der Waals surface area (Å²) in [5.74, 6) is -1.27. The molecule has 0 radical (unpaired) electrons. The van der Waals surface area contributed by atoms with Gasteiger partial charge in [-0.2, -0.15) is 5.10 Å². The first-order chi connectivity index (χ1) is 7.59. The van der Waals surface area contributed by atoms with Crippen molar-refractivity contribution in [3.63, 3.8) is 0 Å². The summed E-state index contributed by atoms with van der Waals surface area (Å²) in [6.07, 6.45) is 3.42. The molecule has 86 valence electrons. The predicted molar refractivity (Wildman–Crippen MR) is 55.1 cm³/mol. The minimum absolute atomic E-state index is 0.246. The highest BCUT2D eigenvalue weighted by molar-refractivity contribution is 5.93. The number of carboxylic acid groups (broad SMARTS) is 1. The van der Waals surface area contributed by atoms with Crippen LogP contribution in [0.15, 0.2) is 12.3 Å². The fraction of sp³-hybridized carbons (Fsp3) is 0.500. The zero-order chi connectivity index (χ0) is 11.7. The van der Waals surface area contributed by atoms with Crippen LogP contribution >= 0.6 is 0 Å². The van der Waals surface area contributed by atoms with Crippen molar-refractivity contribution >= 4 is 11.9 Å². The van der Waals surface area contributed by atoms with Crippen molar-refractivity contribution in [1.82, 2.24) is 15.1 Å². The van der Waals surface area contributed by atoms with Gasteiger partial charge >= 0.3 is 5.97 Å². The molecule has 0 bridgehead atoms. The van der Waals surface area contributed by atoms with Gasteiger partial charge in [0, 0.05) is 12.2 Å². The number of nitrogens with zero attached hydrogens (tertiary/aromatic N) is 2. The zero-order valence-corrected chi connectivity index (χ0v) is 8.88. The van der Waals surface area contributed by atoms with E-state index in [4.69, 9.17) is 5.11 Å². The summed E-state index contributed by atoms with van der Waals surface area (Å²) in [6.45, 7) is 1.49. The standard InChI is InChI=1S/C10H13N3O3/c1-6(10(15)16)13-8(4-5-11-13)9(14)12-7-2-3-7/h4-7H,2-3H2,1H3,(H,12,14)(H,15,16). The van der Waals surface area contributed by atoms with Gasteiger partial charge < -0.3 is 10.4 Å². The second-order valence-corrected chi connectivity index (χ2v) is 3.92. The molecule has 1 fully saturated rings. The fourth-order valence-electron chi connectivity index (χ4n) is 1.39. The molecular weight excluding hydrogens is 210 g/mol. The van der Waals surface area contributed by atoms with E-state index in [0.29, 0.717) is 5.69 Å². The predicted octanol–water partition coefficient (Wildman–Crippen LogP) is 0.421. The van der Waals surface area contributed by atoms with E-state index in [9.17, 15) is 9.59 Å². The van der Waals surface area contributed by atoms with Crippen molar-refractivity contribution in [3.05, 3.63) is 18.0 Å². The Hall–Kier alpha value is -1.85. The van der Waals surface area contributed by atoms with Crippen LogP contribution in [0, 0.1) is 0 Å². The van der Waals surface area contributed by atoms with Crippen LogP contribution in [0.4, 0.5) is 0 Å². The first-order valence-electron chi connectivity index (χ1n) is 5.17. The second kappa shape index (κ2) is 3.96. The summed E-state index contributed by atoms with van der Waals surface area (Å²) >= 11 is 0. The quantitative estimate of drug-likeness (QED) is 0.774. The Labute approximate surface area is 92.3 Å². The lowest BCUT2D eigenvalue weighted by Gasteiger charge is -2.11. The number of carbonyl (C=O) groups excluding carboxylic acids is 1. The molecule has 6 heteroatoms. The summed E-state index contributed by atoms with van der Waals surface area (Å²) < 4.78 is 1.22. The van der Waals surface area contributed by atoms with Crippen molar-refractivity contribution in [1.29, 1.82) is 0 Å². The van der Waals surface area contributed by atoms with E-state index in [1.807, 2.05) is 0 Å². The van der Waals surface area contributed by atoms with Gasteiger partial charge in [-0.3, -0.25) is 4.79 Å². The number of nitrogens with one attached hydrogen (secondary N) is 1. The van der Waals surface area contributed by atoms with Crippen molar-refractivity contribution in [2.45, 2.75) is 31.8 Å². The lowest BCUT2D eigenvalue weighted by Crippen LogP contribution is -2.30. The number of hydrogen-bond donors (Lipinski definition) is 2. The summed E-state index contributed by atoms with van der Waals surface area (Å²) in [5, 5.41) is 15.5. The molecule has 1 unspecified atom stereocenters. The number of hydrogen-bond acceptors (Lipinski definition) is 3. The highest BCUT2D eigenvalue weighted by Crippen LogP contribution is 2.19. The van der Waals surface area contributed by atoms with Gasteiger partial charge in [-0.15, -0.1) is 0 Å². The molecule has 1 saturated carbocycles. The summed E-state index contributed by atoms with van der Waals surface area (Å²) in [5.41, 5.74) is 0.293. The smallest absolute Gasteiger partial charge is 0.328 e. The molecule has 0 aromatic carbocycles. The third-order valence-electron chi connectivity index (χ3n) is 2.54. The molecule has 0 saturated heterocycles. The van der Waals surface area contributed by atoms with Crippen molar-refractivity contribution in [2.75, 3.05) is 0 Å². The van der Waals surface area contributed by atoms with Crippen molar-refractivity contribution < 1.29 is 14.7 Å². The molecule has 1 heterocycles. The summed E-state index contributed by atoms with van der Waals surface area (Å²) in [4.78, 5) is 22.6. The summed E-state index contributed by atoms with van der Waals surface area (Å²) in [6, 6.07) is 0.933. The van der Waals surface area contributed by atoms with Crippen LogP contribution in [-0.4, -0.2) is 32.8 Å². The molecule has 1 aromatic rings. The maximum Gasteiger partial charge on any atom is 0.328 e. The molecule has 2 rings (SSSR count). The van der Waals surface area contributed by atoms with E-state index in [0.717, 1.165) is 12.8 Å². The van der Waals surface area contributed by atoms with Crippen LogP contribution in [0.2, 0.25) is 0 Å². The molecule has 0 spiro atoms. The Kier molecular flexibility index (Phi) is 2.64. The first-order valence-corrected chi connectivity index (χ1v) is 5.17. The summed E-state index contributed by atoms with van der Waals surface area (Å²) in [7, 11) is 0. The van der Waals surface area contributed by atoms with Crippen LogP contribution in [0.1, 0.15) is 36.3 Å². The lowest BCUT2D eigenvalue weighted by molar-refractivity contribution is -0.140. The van der Waals surface area contributed by atoms with Gasteiger partial charge in [0.15, 0.2) is 0 Å². The number of carboxylic acids is 1. The molecule has 1 amide bonds. The molecule has 1 aliphatic carbocycles. The number of aromatic nitrogens is 2. The number of carbonyl (C=O) groups is 2. The average Bonchev–Trinajstić information content (AvgIpc) is 2.91. The van der Waals surface area contributed by atoms with Crippen LogP contribution in [0.3, 0.4) is 0 Å². The molecule has 16 heavy (non-hydrogen) atoms. The van der Waals surface area contributed by atoms with E-state index in [2.05, 4.69) is 10.4 Å². The van der Waals surface area contributed by atoms with E-state index < -0.39 is 12.0 Å². The van der Waals surface area contributed by atoms with Gasteiger partial charge in [-0.05, 0) is 25.8 Å². The van der Waals surface area contributed by atoms with E-state index in [1.54, 1.807) is 0 Å².